The predicted octanol–water partition coefficient (Wildman–Crippen LogP) is 2.08. The van der Waals surface area contributed by atoms with E-state index in [1.54, 1.807) is 18.2 Å². The van der Waals surface area contributed by atoms with Crippen LogP contribution in [0.15, 0.2) is 53.3 Å². The van der Waals surface area contributed by atoms with E-state index in [9.17, 15) is 9.59 Å². The topological polar surface area (TPSA) is 81.2 Å². The van der Waals surface area contributed by atoms with Crippen LogP contribution < -0.4 is 11.3 Å². The summed E-state index contributed by atoms with van der Waals surface area (Å²) in [6.07, 6.45) is 1.01. The first-order valence-corrected chi connectivity index (χ1v) is 9.01. The fourth-order valence-corrected chi connectivity index (χ4v) is 3.14. The first-order chi connectivity index (χ1) is 13.0. The van der Waals surface area contributed by atoms with Crippen molar-refractivity contribution in [2.45, 2.75) is 33.0 Å². The van der Waals surface area contributed by atoms with E-state index in [1.165, 1.54) is 15.7 Å². The number of carbonyl (C=O) groups excluding carboxylic acids is 1. The summed E-state index contributed by atoms with van der Waals surface area (Å²) in [7, 11) is 1.96. The molecule has 3 aromatic rings. The van der Waals surface area contributed by atoms with Gasteiger partial charge >= 0.3 is 0 Å². The molecule has 0 aliphatic rings. The molecule has 0 saturated heterocycles. The molecule has 0 aliphatic carbocycles. The summed E-state index contributed by atoms with van der Waals surface area (Å²) in [5, 5.41) is 0.486. The average molecular weight is 364 g/mol. The molecule has 0 fully saturated rings. The number of nitrogens with two attached hydrogens (primary N) is 1. The molecule has 0 spiro atoms. The minimum absolute atomic E-state index is 0.176. The summed E-state index contributed by atoms with van der Waals surface area (Å²) in [5.41, 5.74) is 8.21. The summed E-state index contributed by atoms with van der Waals surface area (Å²) < 4.78 is 1.38. The lowest BCUT2D eigenvalue weighted by Crippen LogP contribution is -2.33. The molecule has 0 saturated carbocycles. The van der Waals surface area contributed by atoms with Crippen LogP contribution in [0.5, 0.6) is 0 Å². The number of aromatic nitrogens is 2. The van der Waals surface area contributed by atoms with Crippen LogP contribution >= 0.6 is 0 Å². The molecule has 0 aliphatic heterocycles. The van der Waals surface area contributed by atoms with Gasteiger partial charge in [-0.05, 0) is 36.7 Å². The first-order valence-electron chi connectivity index (χ1n) is 9.01. The highest BCUT2D eigenvalue weighted by atomic mass is 16.2. The number of primary amides is 1. The lowest BCUT2D eigenvalue weighted by Gasteiger charge is -2.19. The van der Waals surface area contributed by atoms with Gasteiger partial charge in [-0.1, -0.05) is 43.3 Å². The van der Waals surface area contributed by atoms with Gasteiger partial charge in [-0.3, -0.25) is 19.1 Å². The second-order valence-electron chi connectivity index (χ2n) is 6.75. The maximum atomic E-state index is 12.8. The Balaban J connectivity index is 1.89. The third-order valence-corrected chi connectivity index (χ3v) is 4.55. The maximum absolute atomic E-state index is 12.8. The quantitative estimate of drug-likeness (QED) is 0.696. The molecule has 0 bridgehead atoms. The van der Waals surface area contributed by atoms with Crippen molar-refractivity contribution in [2.24, 2.45) is 5.73 Å². The molecule has 6 nitrogen and oxygen atoms in total. The van der Waals surface area contributed by atoms with Crippen LogP contribution in [-0.4, -0.2) is 27.4 Å². The first kappa shape index (κ1) is 18.8. The summed E-state index contributed by atoms with van der Waals surface area (Å²) in [6.45, 7) is 3.10. The lowest BCUT2D eigenvalue weighted by atomic mass is 10.1. The Morgan fingerprint density at radius 3 is 2.41 bits per heavy atom. The predicted molar refractivity (Wildman–Crippen MR) is 106 cm³/mol. The summed E-state index contributed by atoms with van der Waals surface area (Å²) in [4.78, 5) is 30.9. The molecule has 1 aromatic heterocycles. The molecule has 6 heteroatoms. The van der Waals surface area contributed by atoms with E-state index in [4.69, 9.17) is 5.73 Å². The molecule has 140 valence electrons. The third kappa shape index (κ3) is 4.41. The zero-order chi connectivity index (χ0) is 19.4. The van der Waals surface area contributed by atoms with Crippen LogP contribution in [0.1, 0.15) is 23.9 Å². The van der Waals surface area contributed by atoms with Crippen LogP contribution in [0, 0.1) is 0 Å². The van der Waals surface area contributed by atoms with E-state index in [1.807, 2.05) is 13.1 Å². The van der Waals surface area contributed by atoms with Gasteiger partial charge in [-0.15, -0.1) is 0 Å². The van der Waals surface area contributed by atoms with Crippen molar-refractivity contribution in [2.75, 3.05) is 7.05 Å². The van der Waals surface area contributed by atoms with E-state index in [-0.39, 0.29) is 12.1 Å². The summed E-state index contributed by atoms with van der Waals surface area (Å²) >= 11 is 0. The van der Waals surface area contributed by atoms with Crippen LogP contribution in [-0.2, 0) is 30.8 Å². The molecule has 0 radical (unpaired) electrons. The minimum Gasteiger partial charge on any atom is -0.368 e. The van der Waals surface area contributed by atoms with E-state index in [2.05, 4.69) is 41.1 Å². The number of nitrogens with zero attached hydrogens (tertiary/aromatic N) is 3. The minimum atomic E-state index is -0.562. The van der Waals surface area contributed by atoms with E-state index in [0.717, 1.165) is 6.42 Å². The molecule has 0 atom stereocenters. The molecule has 27 heavy (non-hydrogen) atoms. The Morgan fingerprint density at radius 1 is 1.07 bits per heavy atom. The van der Waals surface area contributed by atoms with Gasteiger partial charge in [-0.25, -0.2) is 4.98 Å². The maximum Gasteiger partial charge on any atom is 0.261 e. The molecular formula is C21H24N4O2. The monoisotopic (exact) mass is 364 g/mol. The number of benzene rings is 2. The molecule has 3 rings (SSSR count). The molecule has 2 aromatic carbocycles. The zero-order valence-corrected chi connectivity index (χ0v) is 15.7. The molecule has 1 heterocycles. The normalized spacial score (nSPS) is 11.2. The van der Waals surface area contributed by atoms with E-state index < -0.39 is 5.91 Å². The van der Waals surface area contributed by atoms with Gasteiger partial charge in [0.15, 0.2) is 0 Å². The summed E-state index contributed by atoms with van der Waals surface area (Å²) in [5.74, 6) is -0.0292. The van der Waals surface area contributed by atoms with Gasteiger partial charge in [0, 0.05) is 6.54 Å². The van der Waals surface area contributed by atoms with Crippen molar-refractivity contribution in [3.8, 4) is 0 Å². The standard InChI is InChI=1S/C21H24N4O2/c1-3-15-8-10-16(11-9-15)12-24(2)14-20-23-18-7-5-4-6-17(18)21(27)25(20)13-19(22)26/h4-11H,3,12-14H2,1-2H3,(H2,22,26). The number of hydrogen-bond donors (Lipinski definition) is 1. The SMILES string of the molecule is CCc1ccc(CN(C)Cc2nc3ccccc3c(=O)n2CC(N)=O)cc1. The number of hydrogen-bond acceptors (Lipinski definition) is 4. The Morgan fingerprint density at radius 2 is 1.74 bits per heavy atom. The number of amides is 1. The Labute approximate surface area is 158 Å². The van der Waals surface area contributed by atoms with Crippen LogP contribution in [0.25, 0.3) is 10.9 Å². The fraction of sp³-hybridized carbons (Fsp3) is 0.286. The van der Waals surface area contributed by atoms with Crippen molar-refractivity contribution in [3.05, 3.63) is 75.8 Å². The second kappa shape index (κ2) is 8.14. The van der Waals surface area contributed by atoms with E-state index in [0.29, 0.717) is 29.8 Å². The van der Waals surface area contributed by atoms with Crippen LogP contribution in [0.3, 0.4) is 0 Å². The molecule has 1 amide bonds. The average Bonchev–Trinajstić information content (AvgIpc) is 2.65. The zero-order valence-electron chi connectivity index (χ0n) is 15.7. The van der Waals surface area contributed by atoms with Gasteiger partial charge in [-0.2, -0.15) is 0 Å². The number of fused-ring (bicyclic) bond motifs is 1. The fourth-order valence-electron chi connectivity index (χ4n) is 3.14. The molecule has 2 N–H and O–H groups in total. The number of para-hydroxylation sites is 1. The van der Waals surface area contributed by atoms with Crippen molar-refractivity contribution in [3.63, 3.8) is 0 Å². The van der Waals surface area contributed by atoms with Crippen LogP contribution in [0.4, 0.5) is 0 Å². The highest BCUT2D eigenvalue weighted by molar-refractivity contribution is 5.78. The highest BCUT2D eigenvalue weighted by Gasteiger charge is 2.14. The Hall–Kier alpha value is -2.99. The van der Waals surface area contributed by atoms with Gasteiger partial charge in [0.05, 0.1) is 17.4 Å². The Kier molecular flexibility index (Phi) is 5.66. The van der Waals surface area contributed by atoms with Crippen molar-refractivity contribution in [1.82, 2.24) is 14.5 Å². The lowest BCUT2D eigenvalue weighted by molar-refractivity contribution is -0.118. The molecular weight excluding hydrogens is 340 g/mol. The van der Waals surface area contributed by atoms with Gasteiger partial charge in [0.1, 0.15) is 12.4 Å². The highest BCUT2D eigenvalue weighted by Crippen LogP contribution is 2.12. The largest absolute Gasteiger partial charge is 0.368 e. The van der Waals surface area contributed by atoms with Crippen molar-refractivity contribution in [1.29, 1.82) is 0 Å². The van der Waals surface area contributed by atoms with Crippen molar-refractivity contribution < 1.29 is 4.79 Å². The van der Waals surface area contributed by atoms with Gasteiger partial charge < -0.3 is 5.73 Å². The number of aryl methyl sites for hydroxylation is 1. The summed E-state index contributed by atoms with van der Waals surface area (Å²) in [6, 6.07) is 15.6. The smallest absolute Gasteiger partial charge is 0.261 e. The van der Waals surface area contributed by atoms with Crippen LogP contribution in [0.2, 0.25) is 0 Å². The van der Waals surface area contributed by atoms with E-state index >= 15 is 0 Å². The Bertz CT molecular complexity index is 1010. The van der Waals surface area contributed by atoms with Gasteiger partial charge in [0.25, 0.3) is 5.56 Å². The van der Waals surface area contributed by atoms with Crippen molar-refractivity contribution >= 4 is 16.8 Å². The third-order valence-electron chi connectivity index (χ3n) is 4.55. The van der Waals surface area contributed by atoms with Gasteiger partial charge in [0.2, 0.25) is 5.91 Å². The molecule has 0 unspecified atom stereocenters. The second-order valence-corrected chi connectivity index (χ2v) is 6.75. The number of rotatable bonds is 7. The number of carbonyl (C=O) groups is 1.